The van der Waals surface area contributed by atoms with E-state index in [1.165, 1.54) is 0 Å². The Morgan fingerprint density at radius 3 is 2.25 bits per heavy atom. The van der Waals surface area contributed by atoms with Gasteiger partial charge in [0.15, 0.2) is 0 Å². The van der Waals surface area contributed by atoms with Crippen molar-refractivity contribution in [1.82, 2.24) is 0 Å². The van der Waals surface area contributed by atoms with Gasteiger partial charge in [-0.05, 0) is 64.1 Å². The number of ether oxygens (including phenoxy) is 1. The molecule has 1 amide bonds. The first-order valence-electron chi connectivity index (χ1n) is 6.50. The smallest absolute Gasteiger partial charge is 0.412 e. The van der Waals surface area contributed by atoms with Crippen LogP contribution in [-0.4, -0.2) is 11.7 Å². The molecule has 0 spiro atoms. The molecule has 0 aliphatic heterocycles. The summed E-state index contributed by atoms with van der Waals surface area (Å²) in [6.45, 7) is 7.39. The van der Waals surface area contributed by atoms with Crippen LogP contribution in [0.15, 0.2) is 40.8 Å². The van der Waals surface area contributed by atoms with Gasteiger partial charge in [-0.25, -0.2) is 4.79 Å². The topological polar surface area (TPSA) is 51.5 Å². The van der Waals surface area contributed by atoms with Crippen molar-refractivity contribution in [1.29, 1.82) is 0 Å². The highest BCUT2D eigenvalue weighted by Gasteiger charge is 2.16. The number of nitrogens with one attached hydrogen (secondary N) is 1. The third kappa shape index (κ3) is 3.88. The zero-order valence-electron chi connectivity index (χ0n) is 12.2. The first-order valence-corrected chi connectivity index (χ1v) is 6.50. The van der Waals surface area contributed by atoms with Gasteiger partial charge in [0, 0.05) is 11.3 Å². The van der Waals surface area contributed by atoms with Crippen LogP contribution in [0.5, 0.6) is 0 Å². The van der Waals surface area contributed by atoms with Gasteiger partial charge in [-0.1, -0.05) is 0 Å². The number of amides is 1. The van der Waals surface area contributed by atoms with E-state index in [2.05, 4.69) is 5.32 Å². The molecule has 0 saturated heterocycles. The fraction of sp³-hybridized carbons (Fsp3) is 0.312. The van der Waals surface area contributed by atoms with Gasteiger partial charge >= 0.3 is 6.09 Å². The molecule has 2 rings (SSSR count). The summed E-state index contributed by atoms with van der Waals surface area (Å²) in [5.74, 6) is 1.68. The molecule has 2 aromatic rings. The molecule has 0 aliphatic carbocycles. The number of rotatable bonds is 2. The van der Waals surface area contributed by atoms with Crippen LogP contribution >= 0.6 is 0 Å². The monoisotopic (exact) mass is 273 g/mol. The summed E-state index contributed by atoms with van der Waals surface area (Å²) in [6.07, 6.45) is -0.459. The zero-order chi connectivity index (χ0) is 14.8. The summed E-state index contributed by atoms with van der Waals surface area (Å²) in [6, 6.07) is 11.3. The number of carbonyl (C=O) groups excluding carboxylic acids is 1. The van der Waals surface area contributed by atoms with Crippen LogP contribution in [0, 0.1) is 6.92 Å². The lowest BCUT2D eigenvalue weighted by molar-refractivity contribution is 0.0636. The van der Waals surface area contributed by atoms with Crippen LogP contribution < -0.4 is 5.32 Å². The first-order chi connectivity index (χ1) is 9.33. The molecular formula is C16H19NO3. The van der Waals surface area contributed by atoms with E-state index < -0.39 is 11.7 Å². The van der Waals surface area contributed by atoms with Crippen molar-refractivity contribution in [3.63, 3.8) is 0 Å². The highest BCUT2D eigenvalue weighted by molar-refractivity contribution is 5.85. The fourth-order valence-corrected chi connectivity index (χ4v) is 1.73. The van der Waals surface area contributed by atoms with E-state index in [0.29, 0.717) is 5.69 Å². The molecule has 4 nitrogen and oxygen atoms in total. The number of furan rings is 1. The number of carbonyl (C=O) groups is 1. The molecule has 0 bridgehead atoms. The molecule has 0 fully saturated rings. The van der Waals surface area contributed by atoms with Gasteiger partial charge in [-0.15, -0.1) is 0 Å². The Morgan fingerprint density at radius 2 is 1.75 bits per heavy atom. The Kier molecular flexibility index (Phi) is 3.84. The largest absolute Gasteiger partial charge is 0.461 e. The summed E-state index contributed by atoms with van der Waals surface area (Å²) in [5, 5.41) is 2.69. The Bertz CT molecular complexity index is 591. The molecule has 0 radical (unpaired) electrons. The van der Waals surface area contributed by atoms with Gasteiger partial charge < -0.3 is 9.15 Å². The minimum Gasteiger partial charge on any atom is -0.461 e. The van der Waals surface area contributed by atoms with E-state index in [1.807, 2.05) is 64.1 Å². The van der Waals surface area contributed by atoms with E-state index in [-0.39, 0.29) is 0 Å². The molecular weight excluding hydrogens is 254 g/mol. The highest BCUT2D eigenvalue weighted by atomic mass is 16.6. The molecule has 0 atom stereocenters. The van der Waals surface area contributed by atoms with Crippen LogP contribution in [0.3, 0.4) is 0 Å². The highest BCUT2D eigenvalue weighted by Crippen LogP contribution is 2.23. The summed E-state index contributed by atoms with van der Waals surface area (Å²) >= 11 is 0. The van der Waals surface area contributed by atoms with E-state index in [1.54, 1.807) is 0 Å². The number of hydrogen-bond donors (Lipinski definition) is 1. The normalized spacial score (nSPS) is 11.2. The maximum atomic E-state index is 11.6. The zero-order valence-corrected chi connectivity index (χ0v) is 12.2. The number of hydrogen-bond acceptors (Lipinski definition) is 3. The van der Waals surface area contributed by atoms with Crippen molar-refractivity contribution in [3.8, 4) is 11.3 Å². The third-order valence-corrected chi connectivity index (χ3v) is 2.56. The molecule has 106 valence electrons. The van der Waals surface area contributed by atoms with Crippen molar-refractivity contribution in [2.75, 3.05) is 5.32 Å². The molecule has 0 saturated carbocycles. The second kappa shape index (κ2) is 5.41. The SMILES string of the molecule is Cc1ccc(-c2ccc(NC(=O)OC(C)(C)C)cc2)o1. The van der Waals surface area contributed by atoms with Gasteiger partial charge in [0.05, 0.1) is 0 Å². The Labute approximate surface area is 118 Å². The molecule has 1 heterocycles. The fourth-order valence-electron chi connectivity index (χ4n) is 1.73. The van der Waals surface area contributed by atoms with Crippen molar-refractivity contribution in [2.24, 2.45) is 0 Å². The molecule has 20 heavy (non-hydrogen) atoms. The summed E-state index contributed by atoms with van der Waals surface area (Å²) in [5.41, 5.74) is 1.15. The average Bonchev–Trinajstić information content (AvgIpc) is 2.74. The van der Waals surface area contributed by atoms with Crippen molar-refractivity contribution in [3.05, 3.63) is 42.2 Å². The molecule has 0 aliphatic rings. The van der Waals surface area contributed by atoms with Crippen LogP contribution in [-0.2, 0) is 4.74 Å². The lowest BCUT2D eigenvalue weighted by Gasteiger charge is -2.19. The van der Waals surface area contributed by atoms with Crippen molar-refractivity contribution in [2.45, 2.75) is 33.3 Å². The van der Waals surface area contributed by atoms with E-state index in [9.17, 15) is 4.79 Å². The molecule has 0 unspecified atom stereocenters. The molecule has 1 N–H and O–H groups in total. The van der Waals surface area contributed by atoms with Crippen LogP contribution in [0.25, 0.3) is 11.3 Å². The molecule has 4 heteroatoms. The second-order valence-electron chi connectivity index (χ2n) is 5.61. The molecule has 1 aromatic heterocycles. The van der Waals surface area contributed by atoms with E-state index >= 15 is 0 Å². The predicted molar refractivity (Wildman–Crippen MR) is 78.7 cm³/mol. The molecule has 1 aromatic carbocycles. The number of anilines is 1. The van der Waals surface area contributed by atoms with Gasteiger partial charge in [0.1, 0.15) is 17.1 Å². The lowest BCUT2D eigenvalue weighted by atomic mass is 10.1. The van der Waals surface area contributed by atoms with Crippen molar-refractivity contribution >= 4 is 11.8 Å². The number of benzene rings is 1. The second-order valence-corrected chi connectivity index (χ2v) is 5.61. The lowest BCUT2D eigenvalue weighted by Crippen LogP contribution is -2.27. The van der Waals surface area contributed by atoms with Crippen molar-refractivity contribution < 1.29 is 13.9 Å². The standard InChI is InChI=1S/C16H19NO3/c1-11-5-10-14(19-11)12-6-8-13(9-7-12)17-15(18)20-16(2,3)4/h5-10H,1-4H3,(H,17,18). The van der Waals surface area contributed by atoms with E-state index in [0.717, 1.165) is 17.1 Å². The maximum Gasteiger partial charge on any atom is 0.412 e. The first kappa shape index (κ1) is 14.2. The summed E-state index contributed by atoms with van der Waals surface area (Å²) in [4.78, 5) is 11.6. The Morgan fingerprint density at radius 1 is 1.10 bits per heavy atom. The maximum absolute atomic E-state index is 11.6. The predicted octanol–water partition coefficient (Wildman–Crippen LogP) is 4.60. The van der Waals surface area contributed by atoms with Gasteiger partial charge in [-0.2, -0.15) is 0 Å². The Balaban J connectivity index is 2.03. The quantitative estimate of drug-likeness (QED) is 0.869. The van der Waals surface area contributed by atoms with Crippen LogP contribution in [0.2, 0.25) is 0 Å². The van der Waals surface area contributed by atoms with Crippen LogP contribution in [0.1, 0.15) is 26.5 Å². The summed E-state index contributed by atoms with van der Waals surface area (Å²) < 4.78 is 10.7. The Hall–Kier alpha value is -2.23. The summed E-state index contributed by atoms with van der Waals surface area (Å²) in [7, 11) is 0. The minimum absolute atomic E-state index is 0.459. The van der Waals surface area contributed by atoms with E-state index in [4.69, 9.17) is 9.15 Å². The van der Waals surface area contributed by atoms with Crippen LogP contribution in [0.4, 0.5) is 10.5 Å². The third-order valence-electron chi connectivity index (χ3n) is 2.56. The minimum atomic E-state index is -0.504. The van der Waals surface area contributed by atoms with Gasteiger partial charge in [0.2, 0.25) is 0 Å². The average molecular weight is 273 g/mol. The van der Waals surface area contributed by atoms with Gasteiger partial charge in [-0.3, -0.25) is 5.32 Å². The number of aryl methyl sites for hydroxylation is 1. The van der Waals surface area contributed by atoms with Gasteiger partial charge in [0.25, 0.3) is 0 Å².